The van der Waals surface area contributed by atoms with E-state index in [2.05, 4.69) is 50.6 Å². The van der Waals surface area contributed by atoms with E-state index in [9.17, 15) is 0 Å². The molecule has 170 valence electrons. The molecule has 0 amide bonds. The first-order valence-corrected chi connectivity index (χ1v) is 17.1. The molecule has 0 heterocycles. The molecule has 0 aromatic heterocycles. The van der Waals surface area contributed by atoms with Gasteiger partial charge in [0.15, 0.2) is 0 Å². The van der Waals surface area contributed by atoms with E-state index in [0.29, 0.717) is 0 Å². The molecule has 0 bridgehead atoms. The summed E-state index contributed by atoms with van der Waals surface area (Å²) in [5.41, 5.74) is 1.40. The van der Waals surface area contributed by atoms with Gasteiger partial charge in [-0.3, -0.25) is 0 Å². The Morgan fingerprint density at radius 1 is 0.586 bits per heavy atom. The van der Waals surface area contributed by atoms with Crippen LogP contribution >= 0.6 is 17.2 Å². The Morgan fingerprint density at radius 3 is 1.38 bits per heavy atom. The summed E-state index contributed by atoms with van der Waals surface area (Å²) >= 11 is 7.12. The Kier molecular flexibility index (Phi) is 14.6. The second kappa shape index (κ2) is 15.7. The molecule has 1 rings (SSSR count). The first-order valence-electron chi connectivity index (χ1n) is 12.7. The Hall–Kier alpha value is -0.0600. The molecule has 0 saturated heterocycles. The van der Waals surface area contributed by atoms with Crippen molar-refractivity contribution in [1.29, 1.82) is 0 Å². The summed E-state index contributed by atoms with van der Waals surface area (Å²) in [6.45, 7) is 7.00. The molecule has 1 aromatic carbocycles. The summed E-state index contributed by atoms with van der Waals surface area (Å²) in [6, 6.07) is 10.8. The number of hydrogen-bond acceptors (Lipinski definition) is 0. The first-order chi connectivity index (χ1) is 13.9. The average molecular weight is 441 g/mol. The zero-order chi connectivity index (χ0) is 21.3. The van der Waals surface area contributed by atoms with Gasteiger partial charge in [-0.05, 0) is 0 Å². The Labute approximate surface area is 188 Å². The van der Waals surface area contributed by atoms with Crippen molar-refractivity contribution in [2.45, 2.75) is 116 Å². The van der Waals surface area contributed by atoms with Crippen LogP contribution in [0.5, 0.6) is 0 Å². The second-order valence-corrected chi connectivity index (χ2v) is 19.4. The van der Waals surface area contributed by atoms with E-state index >= 15 is 0 Å². The summed E-state index contributed by atoms with van der Waals surface area (Å²) in [5, 5.41) is 0. The van der Waals surface area contributed by atoms with Gasteiger partial charge in [0.2, 0.25) is 0 Å². The summed E-state index contributed by atoms with van der Waals surface area (Å²) in [5.74, 6) is -2.05. The van der Waals surface area contributed by atoms with Crippen LogP contribution in [0.4, 0.5) is 0 Å². The van der Waals surface area contributed by atoms with E-state index in [-0.39, 0.29) is 0 Å². The molecule has 0 nitrogen and oxygen atoms in total. The van der Waals surface area contributed by atoms with Crippen molar-refractivity contribution in [3.63, 3.8) is 0 Å². The predicted octanol–water partition coefficient (Wildman–Crippen LogP) is 10.4. The molecule has 0 N–H and O–H groups in total. The Morgan fingerprint density at radius 2 is 0.966 bits per heavy atom. The summed E-state index contributed by atoms with van der Waals surface area (Å²) in [4.78, 5) is 0. The van der Waals surface area contributed by atoms with Crippen LogP contribution in [0.1, 0.15) is 115 Å². The molecule has 0 aliphatic carbocycles. The molecule has 0 aliphatic heterocycles. The average Bonchev–Trinajstić information content (AvgIpc) is 2.67. The number of unbranched alkanes of at least 4 members (excludes halogenated alkanes) is 15. The van der Waals surface area contributed by atoms with E-state index in [1.165, 1.54) is 114 Å². The molecule has 0 atom stereocenters. The molecule has 0 unspecified atom stereocenters. The molecule has 0 saturated carbocycles. The zero-order valence-corrected chi connectivity index (χ0v) is 21.6. The van der Waals surface area contributed by atoms with Crippen molar-refractivity contribution < 1.29 is 0 Å². The van der Waals surface area contributed by atoms with Crippen LogP contribution < -0.4 is 0 Å². The predicted molar refractivity (Wildman–Crippen MR) is 139 cm³/mol. The molecular weight excluding hydrogens is 391 g/mol. The summed E-state index contributed by atoms with van der Waals surface area (Å²) in [6.07, 6.45) is 25.1. The summed E-state index contributed by atoms with van der Waals surface area (Å²) in [7, 11) is 0. The third-order valence-corrected chi connectivity index (χ3v) is 10.1. The van der Waals surface area contributed by atoms with E-state index in [1.807, 2.05) is 0 Å². The van der Waals surface area contributed by atoms with Gasteiger partial charge >= 0.3 is 149 Å². The first kappa shape index (κ1) is 27.0. The van der Waals surface area contributed by atoms with Gasteiger partial charge in [-0.15, -0.1) is 0 Å². The Balaban J connectivity index is 1.90. The molecule has 2 heteroatoms. The normalized spacial score (nSPS) is 13.3. The standard InChI is InChI=1S/C27H50ClP/c1-4-5-6-7-8-9-10-11-12-13-14-15-16-17-18-22-25-29(2,3,28)26-27-23-20-19-21-24-27/h19-21,23-24H,4-18,22,25-26H2,1-3H3. The van der Waals surface area contributed by atoms with Gasteiger partial charge in [0, 0.05) is 0 Å². The van der Waals surface area contributed by atoms with Crippen molar-refractivity contribution in [2.75, 3.05) is 19.5 Å². The van der Waals surface area contributed by atoms with Crippen LogP contribution in [0, 0.1) is 0 Å². The molecule has 29 heavy (non-hydrogen) atoms. The van der Waals surface area contributed by atoms with E-state index < -0.39 is 5.96 Å². The number of benzene rings is 1. The molecule has 0 fully saturated rings. The van der Waals surface area contributed by atoms with Crippen LogP contribution in [0.15, 0.2) is 30.3 Å². The van der Waals surface area contributed by atoms with Crippen molar-refractivity contribution in [1.82, 2.24) is 0 Å². The fraction of sp³-hybridized carbons (Fsp3) is 0.778. The zero-order valence-electron chi connectivity index (χ0n) is 19.9. The third-order valence-electron chi connectivity index (χ3n) is 6.21. The SMILES string of the molecule is CCCCCCCCCCCCCCCCCCP(C)(C)(Cl)Cc1ccccc1. The fourth-order valence-electron chi connectivity index (χ4n) is 4.37. The minimum absolute atomic E-state index is 1.08. The van der Waals surface area contributed by atoms with Gasteiger partial charge in [0.05, 0.1) is 0 Å². The number of halogens is 1. The number of rotatable bonds is 19. The monoisotopic (exact) mass is 440 g/mol. The molecule has 0 spiro atoms. The van der Waals surface area contributed by atoms with Crippen molar-refractivity contribution in [2.24, 2.45) is 0 Å². The molecular formula is C27H50ClP. The topological polar surface area (TPSA) is 0 Å². The molecule has 1 aromatic rings. The minimum atomic E-state index is -2.05. The van der Waals surface area contributed by atoms with Gasteiger partial charge in [-0.1, -0.05) is 39.0 Å². The van der Waals surface area contributed by atoms with Crippen LogP contribution in [-0.2, 0) is 6.16 Å². The van der Waals surface area contributed by atoms with E-state index in [0.717, 1.165) is 6.16 Å². The fourth-order valence-corrected chi connectivity index (χ4v) is 7.84. The van der Waals surface area contributed by atoms with Gasteiger partial charge in [-0.25, -0.2) is 0 Å². The van der Waals surface area contributed by atoms with Crippen LogP contribution in [-0.4, -0.2) is 19.5 Å². The number of hydrogen-bond donors (Lipinski definition) is 0. The molecule has 0 aliphatic rings. The van der Waals surface area contributed by atoms with Crippen molar-refractivity contribution in [3.8, 4) is 0 Å². The Bertz CT molecular complexity index is 488. The van der Waals surface area contributed by atoms with E-state index in [1.54, 1.807) is 0 Å². The molecule has 0 radical (unpaired) electrons. The third kappa shape index (κ3) is 16.3. The van der Waals surface area contributed by atoms with Gasteiger partial charge in [0.25, 0.3) is 0 Å². The quantitative estimate of drug-likeness (QED) is 0.148. The van der Waals surface area contributed by atoms with Crippen LogP contribution in [0.3, 0.4) is 0 Å². The summed E-state index contributed by atoms with van der Waals surface area (Å²) < 4.78 is 0. The second-order valence-electron chi connectivity index (χ2n) is 10.2. The van der Waals surface area contributed by atoms with E-state index in [4.69, 9.17) is 11.2 Å². The van der Waals surface area contributed by atoms with Crippen molar-refractivity contribution in [3.05, 3.63) is 35.9 Å². The van der Waals surface area contributed by atoms with Crippen molar-refractivity contribution >= 4 is 17.2 Å². The van der Waals surface area contributed by atoms with Crippen LogP contribution in [0.2, 0.25) is 0 Å². The van der Waals surface area contributed by atoms with Crippen LogP contribution in [0.25, 0.3) is 0 Å². The maximum atomic E-state index is 7.12. The van der Waals surface area contributed by atoms with Gasteiger partial charge < -0.3 is 0 Å². The van der Waals surface area contributed by atoms with Gasteiger partial charge in [0.1, 0.15) is 0 Å². The van der Waals surface area contributed by atoms with Gasteiger partial charge in [-0.2, -0.15) is 0 Å². The maximum absolute atomic E-state index is 7.12.